The molecule has 1 spiro atoms. The second kappa shape index (κ2) is 11.2. The van der Waals surface area contributed by atoms with Crippen molar-refractivity contribution in [2.45, 2.75) is 103 Å². The van der Waals surface area contributed by atoms with Gasteiger partial charge in [-0.25, -0.2) is 13.1 Å². The Bertz CT molecular complexity index is 1340. The highest BCUT2D eigenvalue weighted by Gasteiger charge is 2.49. The Hall–Kier alpha value is -2.32. The van der Waals surface area contributed by atoms with Crippen LogP contribution < -0.4 is 14.8 Å². The van der Waals surface area contributed by atoms with E-state index in [0.717, 1.165) is 43.0 Å². The molecule has 2 saturated carbocycles. The van der Waals surface area contributed by atoms with Crippen LogP contribution in [-0.4, -0.2) is 44.8 Å². The molecule has 220 valence electrons. The Labute approximate surface area is 240 Å². The predicted octanol–water partition coefficient (Wildman–Crippen LogP) is 5.82. The number of hydrogen-bond acceptors (Lipinski definition) is 4. The number of aromatic nitrogens is 1. The summed E-state index contributed by atoms with van der Waals surface area (Å²) in [7, 11) is -3.23. The molecule has 1 aliphatic heterocycles. The quantitative estimate of drug-likeness (QED) is 0.372. The third-order valence-electron chi connectivity index (χ3n) is 9.22. The number of benzene rings is 1. The Morgan fingerprint density at radius 3 is 2.45 bits per heavy atom. The van der Waals surface area contributed by atoms with Crippen molar-refractivity contribution in [1.29, 1.82) is 0 Å². The van der Waals surface area contributed by atoms with E-state index in [1.165, 1.54) is 61.6 Å². The first-order chi connectivity index (χ1) is 18.9. The average Bonchev–Trinajstić information content (AvgIpc) is 3.59. The second-order valence-electron chi connectivity index (χ2n) is 13.4. The minimum Gasteiger partial charge on any atom is -0.493 e. The molecule has 8 heteroatoms. The topological polar surface area (TPSA) is 89.4 Å². The number of carbonyl (C=O) groups excluding carboxylic acids is 1. The van der Waals surface area contributed by atoms with Crippen molar-refractivity contribution in [3.63, 3.8) is 0 Å². The maximum atomic E-state index is 13.4. The molecule has 2 aliphatic carbocycles. The van der Waals surface area contributed by atoms with Gasteiger partial charge in [0.25, 0.3) is 5.91 Å². The normalized spacial score (nSPS) is 18.8. The first-order valence-electron chi connectivity index (χ1n) is 15.1. The largest absolute Gasteiger partial charge is 0.493 e. The number of hydrogen-bond donors (Lipinski definition) is 2. The van der Waals surface area contributed by atoms with Crippen LogP contribution in [0.15, 0.2) is 18.2 Å². The van der Waals surface area contributed by atoms with Crippen LogP contribution in [0.25, 0.3) is 11.3 Å². The van der Waals surface area contributed by atoms with Gasteiger partial charge in [0, 0.05) is 47.6 Å². The smallest absolute Gasteiger partial charge is 0.253 e. The Morgan fingerprint density at radius 1 is 1.07 bits per heavy atom. The molecule has 1 aromatic carbocycles. The highest BCUT2D eigenvalue weighted by Crippen LogP contribution is 2.58. The summed E-state index contributed by atoms with van der Waals surface area (Å²) in [5, 5.41) is 3.02. The van der Waals surface area contributed by atoms with Crippen LogP contribution in [0.5, 0.6) is 5.75 Å². The van der Waals surface area contributed by atoms with Gasteiger partial charge in [-0.05, 0) is 80.5 Å². The van der Waals surface area contributed by atoms with Crippen molar-refractivity contribution in [2.24, 2.45) is 5.92 Å². The summed E-state index contributed by atoms with van der Waals surface area (Å²) in [6.07, 6.45) is 11.6. The molecular formula is C32H47N3O4S. The number of fused-ring (bicyclic) bond motifs is 2. The number of nitrogens with one attached hydrogen (secondary N) is 2. The van der Waals surface area contributed by atoms with Crippen LogP contribution >= 0.6 is 0 Å². The standard InChI is InChI=1S/C32H47N3O4S/c1-22-25(30(36)33-15-9-16-34-40(5,37)38)20-28(35(22)21-23-10-7-6-8-11-23)24-18-26(31(2,3)4)29-27(19-24)32(12-13-32)14-17-39-29/h18-20,23,34H,6-17,21H2,1-5H3,(H,33,36). The fourth-order valence-corrected chi connectivity index (χ4v) is 7.17. The van der Waals surface area contributed by atoms with E-state index in [-0.39, 0.29) is 16.7 Å². The van der Waals surface area contributed by atoms with E-state index in [1.54, 1.807) is 0 Å². The fourth-order valence-electron chi connectivity index (χ4n) is 6.66. The SMILES string of the molecule is Cc1c(C(=O)NCCCNS(C)(=O)=O)cc(-c2cc(C(C)(C)C)c3c(c2)C2(CCO3)CC2)n1CC1CCCCC1. The lowest BCUT2D eigenvalue weighted by molar-refractivity contribution is 0.0952. The maximum Gasteiger partial charge on any atom is 0.253 e. The molecule has 5 rings (SSSR count). The molecule has 40 heavy (non-hydrogen) atoms. The molecule has 2 aromatic rings. The number of ether oxygens (including phenoxy) is 1. The molecule has 3 aliphatic rings. The lowest BCUT2D eigenvalue weighted by Crippen LogP contribution is -2.29. The Kier molecular flexibility index (Phi) is 8.14. The molecule has 0 atom stereocenters. The second-order valence-corrected chi connectivity index (χ2v) is 15.3. The van der Waals surface area contributed by atoms with E-state index in [0.29, 0.717) is 31.0 Å². The molecule has 0 saturated heterocycles. The van der Waals surface area contributed by atoms with E-state index in [1.807, 2.05) is 0 Å². The molecule has 2 N–H and O–H groups in total. The number of carbonyl (C=O) groups is 1. The van der Waals surface area contributed by atoms with Crippen LogP contribution in [0.2, 0.25) is 0 Å². The lowest BCUT2D eigenvalue weighted by atomic mass is 9.79. The molecule has 0 unspecified atom stereocenters. The van der Waals surface area contributed by atoms with Crippen LogP contribution in [0, 0.1) is 12.8 Å². The highest BCUT2D eigenvalue weighted by atomic mass is 32.2. The molecule has 7 nitrogen and oxygen atoms in total. The summed E-state index contributed by atoms with van der Waals surface area (Å²) >= 11 is 0. The minimum absolute atomic E-state index is 0.0659. The van der Waals surface area contributed by atoms with Gasteiger partial charge in [-0.15, -0.1) is 0 Å². The molecule has 1 aromatic heterocycles. The minimum atomic E-state index is -3.23. The molecule has 2 heterocycles. The van der Waals surface area contributed by atoms with Gasteiger partial charge in [-0.2, -0.15) is 0 Å². The highest BCUT2D eigenvalue weighted by molar-refractivity contribution is 7.88. The van der Waals surface area contributed by atoms with E-state index >= 15 is 0 Å². The molecule has 1 amide bonds. The Balaban J connectivity index is 1.51. The van der Waals surface area contributed by atoms with Gasteiger partial charge in [0.2, 0.25) is 10.0 Å². The maximum absolute atomic E-state index is 13.4. The summed E-state index contributed by atoms with van der Waals surface area (Å²) in [4.78, 5) is 13.4. The first-order valence-corrected chi connectivity index (χ1v) is 17.0. The van der Waals surface area contributed by atoms with Crippen molar-refractivity contribution in [3.8, 4) is 17.0 Å². The van der Waals surface area contributed by atoms with Crippen molar-refractivity contribution in [3.05, 3.63) is 40.6 Å². The van der Waals surface area contributed by atoms with Gasteiger partial charge in [-0.1, -0.05) is 40.0 Å². The van der Waals surface area contributed by atoms with Crippen LogP contribution in [0.3, 0.4) is 0 Å². The van der Waals surface area contributed by atoms with Crippen molar-refractivity contribution < 1.29 is 17.9 Å². The van der Waals surface area contributed by atoms with Gasteiger partial charge in [0.15, 0.2) is 0 Å². The van der Waals surface area contributed by atoms with Gasteiger partial charge in [0.1, 0.15) is 5.75 Å². The first kappa shape index (κ1) is 29.2. The molecular weight excluding hydrogens is 522 g/mol. The Morgan fingerprint density at radius 2 is 1.80 bits per heavy atom. The third-order valence-corrected chi connectivity index (χ3v) is 9.95. The molecule has 2 fully saturated rings. The van der Waals surface area contributed by atoms with E-state index in [4.69, 9.17) is 4.74 Å². The van der Waals surface area contributed by atoms with Gasteiger partial charge in [-0.3, -0.25) is 4.79 Å². The van der Waals surface area contributed by atoms with Crippen LogP contribution in [0.4, 0.5) is 0 Å². The zero-order valence-corrected chi connectivity index (χ0v) is 25.8. The predicted molar refractivity (Wildman–Crippen MR) is 161 cm³/mol. The van der Waals surface area contributed by atoms with Gasteiger partial charge < -0.3 is 14.6 Å². The average molecular weight is 570 g/mol. The summed E-state index contributed by atoms with van der Waals surface area (Å²) in [5.74, 6) is 1.61. The monoisotopic (exact) mass is 569 g/mol. The number of sulfonamides is 1. The lowest BCUT2D eigenvalue weighted by Gasteiger charge is -2.33. The van der Waals surface area contributed by atoms with E-state index < -0.39 is 10.0 Å². The zero-order chi connectivity index (χ0) is 28.7. The van der Waals surface area contributed by atoms with Crippen molar-refractivity contribution >= 4 is 15.9 Å². The summed E-state index contributed by atoms with van der Waals surface area (Å²) < 4.78 is 33.9. The number of amides is 1. The van der Waals surface area contributed by atoms with E-state index in [2.05, 4.69) is 60.5 Å². The number of rotatable bonds is 9. The number of nitrogens with zero attached hydrogens (tertiary/aromatic N) is 1. The van der Waals surface area contributed by atoms with Crippen molar-refractivity contribution in [2.75, 3.05) is 26.0 Å². The van der Waals surface area contributed by atoms with Crippen molar-refractivity contribution in [1.82, 2.24) is 14.6 Å². The molecule has 0 radical (unpaired) electrons. The third kappa shape index (κ3) is 6.28. The zero-order valence-electron chi connectivity index (χ0n) is 25.0. The molecule has 0 bridgehead atoms. The van der Waals surface area contributed by atoms with Gasteiger partial charge in [0.05, 0.1) is 18.4 Å². The van der Waals surface area contributed by atoms with Gasteiger partial charge >= 0.3 is 0 Å². The fraction of sp³-hybridized carbons (Fsp3) is 0.656. The summed E-state index contributed by atoms with van der Waals surface area (Å²) in [5.41, 5.74) is 6.78. The summed E-state index contributed by atoms with van der Waals surface area (Å²) in [6, 6.07) is 6.76. The van der Waals surface area contributed by atoms with Crippen LogP contribution in [-0.2, 0) is 27.4 Å². The summed E-state index contributed by atoms with van der Waals surface area (Å²) in [6.45, 7) is 11.3. The van der Waals surface area contributed by atoms with Crippen LogP contribution in [0.1, 0.15) is 106 Å². The van der Waals surface area contributed by atoms with E-state index in [9.17, 15) is 13.2 Å².